The van der Waals surface area contributed by atoms with E-state index in [4.69, 9.17) is 0 Å². The highest BCUT2D eigenvalue weighted by Crippen LogP contribution is 2.26. The summed E-state index contributed by atoms with van der Waals surface area (Å²) in [6, 6.07) is 2.71. The van der Waals surface area contributed by atoms with Crippen LogP contribution in [-0.2, 0) is 13.1 Å². The molecule has 7 heteroatoms. The molecule has 118 valence electrons. The maximum atomic E-state index is 14.1. The molecule has 3 rings (SSSR count). The zero-order chi connectivity index (χ0) is 15.7. The summed E-state index contributed by atoms with van der Waals surface area (Å²) in [5.74, 6) is -1.05. The quantitative estimate of drug-likeness (QED) is 0.930. The largest absolute Gasteiger partial charge is 0.387 e. The van der Waals surface area contributed by atoms with Crippen molar-refractivity contribution in [1.29, 1.82) is 0 Å². The molecule has 0 radical (unpaired) electrons. The lowest BCUT2D eigenvalue weighted by Gasteiger charge is -2.23. The Balaban J connectivity index is 1.70. The molecule has 1 aromatic carbocycles. The fourth-order valence-corrected chi connectivity index (χ4v) is 2.91. The van der Waals surface area contributed by atoms with Gasteiger partial charge in [0.2, 0.25) is 0 Å². The van der Waals surface area contributed by atoms with Gasteiger partial charge in [-0.05, 0) is 25.0 Å². The van der Waals surface area contributed by atoms with Crippen molar-refractivity contribution in [2.45, 2.75) is 32.0 Å². The lowest BCUT2D eigenvalue weighted by Crippen LogP contribution is -2.37. The zero-order valence-electron chi connectivity index (χ0n) is 12.3. The summed E-state index contributed by atoms with van der Waals surface area (Å²) in [6.45, 7) is 3.02. The Morgan fingerprint density at radius 2 is 2.18 bits per heavy atom. The minimum atomic E-state index is -0.954. The number of hydrogen-bond donors (Lipinski definition) is 1. The third-order valence-corrected chi connectivity index (χ3v) is 4.10. The van der Waals surface area contributed by atoms with Gasteiger partial charge in [0.25, 0.3) is 0 Å². The lowest BCUT2D eigenvalue weighted by atomic mass is 10.0. The lowest BCUT2D eigenvalue weighted by molar-refractivity contribution is 0.0272. The summed E-state index contributed by atoms with van der Waals surface area (Å²) in [5, 5.41) is 18.1. The number of hydrogen-bond acceptors (Lipinski definition) is 4. The molecule has 1 fully saturated rings. The predicted molar refractivity (Wildman–Crippen MR) is 76.0 cm³/mol. The molecule has 1 atom stereocenters. The van der Waals surface area contributed by atoms with Crippen LogP contribution in [0.1, 0.15) is 17.5 Å². The van der Waals surface area contributed by atoms with Crippen molar-refractivity contribution in [2.24, 2.45) is 0 Å². The molecular weight excluding hydrogens is 290 g/mol. The molecule has 1 aromatic heterocycles. The molecule has 0 amide bonds. The van der Waals surface area contributed by atoms with Crippen molar-refractivity contribution in [3.8, 4) is 0 Å². The van der Waals surface area contributed by atoms with E-state index in [-0.39, 0.29) is 12.1 Å². The fourth-order valence-electron chi connectivity index (χ4n) is 2.91. The average Bonchev–Trinajstić information content (AvgIpc) is 3.10. The molecule has 22 heavy (non-hydrogen) atoms. The molecule has 0 saturated carbocycles. The molecule has 1 aliphatic rings. The van der Waals surface area contributed by atoms with Gasteiger partial charge in [0.05, 0.1) is 18.3 Å². The van der Waals surface area contributed by atoms with Crippen LogP contribution in [0.4, 0.5) is 8.78 Å². The highest BCUT2D eigenvalue weighted by atomic mass is 19.1. The first-order valence-electron chi connectivity index (χ1n) is 7.19. The number of rotatable bonds is 4. The van der Waals surface area contributed by atoms with Crippen LogP contribution in [0.25, 0.3) is 0 Å². The van der Waals surface area contributed by atoms with Gasteiger partial charge in [0.1, 0.15) is 11.6 Å². The normalized spacial score (nSPS) is 22.4. The van der Waals surface area contributed by atoms with E-state index in [1.54, 1.807) is 24.0 Å². The molecule has 1 N–H and O–H groups in total. The number of likely N-dealkylation sites (tertiary alicyclic amines) is 1. The van der Waals surface area contributed by atoms with E-state index in [1.165, 1.54) is 12.1 Å². The van der Waals surface area contributed by atoms with E-state index in [0.717, 1.165) is 0 Å². The van der Waals surface area contributed by atoms with Gasteiger partial charge in [-0.3, -0.25) is 4.90 Å². The summed E-state index contributed by atoms with van der Waals surface area (Å²) < 4.78 is 29.5. The SMILES string of the molecule is Cc1ccc(F)c(CN2CCC(O)(Cn3ccnn3)C2)c1F. The monoisotopic (exact) mass is 308 g/mol. The number of nitrogens with zero attached hydrogens (tertiary/aromatic N) is 4. The summed E-state index contributed by atoms with van der Waals surface area (Å²) in [6.07, 6.45) is 3.76. The average molecular weight is 308 g/mol. The first-order valence-corrected chi connectivity index (χ1v) is 7.19. The smallest absolute Gasteiger partial charge is 0.133 e. The van der Waals surface area contributed by atoms with Gasteiger partial charge in [0.15, 0.2) is 0 Å². The zero-order valence-corrected chi connectivity index (χ0v) is 12.3. The Morgan fingerprint density at radius 1 is 1.36 bits per heavy atom. The molecular formula is C15H18F2N4O. The number of aliphatic hydroxyl groups is 1. The Hall–Kier alpha value is -1.86. The molecule has 5 nitrogen and oxygen atoms in total. The molecule has 1 aliphatic heterocycles. The minimum Gasteiger partial charge on any atom is -0.387 e. The van der Waals surface area contributed by atoms with E-state index in [9.17, 15) is 13.9 Å². The molecule has 2 heterocycles. The van der Waals surface area contributed by atoms with Crippen LogP contribution in [0.5, 0.6) is 0 Å². The van der Waals surface area contributed by atoms with E-state index >= 15 is 0 Å². The van der Waals surface area contributed by atoms with Crippen LogP contribution >= 0.6 is 0 Å². The highest BCUT2D eigenvalue weighted by molar-refractivity contribution is 5.26. The van der Waals surface area contributed by atoms with Gasteiger partial charge in [0, 0.05) is 31.4 Å². The molecule has 2 aromatic rings. The highest BCUT2D eigenvalue weighted by Gasteiger charge is 2.37. The maximum absolute atomic E-state index is 14.1. The Bertz CT molecular complexity index is 662. The molecule has 0 spiro atoms. The third-order valence-electron chi connectivity index (χ3n) is 4.10. The first-order chi connectivity index (χ1) is 10.5. The Morgan fingerprint density at radius 3 is 2.91 bits per heavy atom. The summed E-state index contributed by atoms with van der Waals surface area (Å²) in [4.78, 5) is 1.86. The summed E-state index contributed by atoms with van der Waals surface area (Å²) >= 11 is 0. The predicted octanol–water partition coefficient (Wildman–Crippen LogP) is 1.50. The van der Waals surface area contributed by atoms with Gasteiger partial charge in [-0.25, -0.2) is 13.5 Å². The van der Waals surface area contributed by atoms with E-state index < -0.39 is 17.2 Å². The van der Waals surface area contributed by atoms with E-state index in [0.29, 0.717) is 31.6 Å². The van der Waals surface area contributed by atoms with Gasteiger partial charge < -0.3 is 5.11 Å². The second-order valence-electron chi connectivity index (χ2n) is 5.94. The number of benzene rings is 1. The minimum absolute atomic E-state index is 0.0602. The van der Waals surface area contributed by atoms with Gasteiger partial charge >= 0.3 is 0 Å². The van der Waals surface area contributed by atoms with Crippen LogP contribution in [-0.4, -0.2) is 43.7 Å². The second-order valence-corrected chi connectivity index (χ2v) is 5.94. The summed E-state index contributed by atoms with van der Waals surface area (Å²) in [5.41, 5.74) is -0.469. The number of β-amino-alcohol motifs (C(OH)–C–C–N with tert-alkyl or cyclic N) is 1. The number of halogens is 2. The maximum Gasteiger partial charge on any atom is 0.133 e. The molecule has 0 bridgehead atoms. The molecule has 1 unspecified atom stereocenters. The summed E-state index contributed by atoms with van der Waals surface area (Å²) in [7, 11) is 0. The van der Waals surface area contributed by atoms with Crippen molar-refractivity contribution < 1.29 is 13.9 Å². The van der Waals surface area contributed by atoms with E-state index in [2.05, 4.69) is 10.3 Å². The van der Waals surface area contributed by atoms with Gasteiger partial charge in [-0.2, -0.15) is 0 Å². The third kappa shape index (κ3) is 3.00. The van der Waals surface area contributed by atoms with Crippen molar-refractivity contribution >= 4 is 0 Å². The number of aryl methyl sites for hydroxylation is 1. The number of aromatic nitrogens is 3. The van der Waals surface area contributed by atoms with Crippen molar-refractivity contribution in [3.05, 3.63) is 47.3 Å². The molecule has 1 saturated heterocycles. The van der Waals surface area contributed by atoms with E-state index in [1.807, 2.05) is 4.90 Å². The van der Waals surface area contributed by atoms with Crippen LogP contribution in [0.3, 0.4) is 0 Å². The standard InChI is InChI=1S/C15H18F2N4O/c1-11-2-3-13(16)12(14(11)17)8-20-6-4-15(22,9-20)10-21-7-5-18-19-21/h2-3,5,7,22H,4,6,8-10H2,1H3. The van der Waals surface area contributed by atoms with Crippen LogP contribution in [0, 0.1) is 18.6 Å². The van der Waals surface area contributed by atoms with Crippen molar-refractivity contribution in [3.63, 3.8) is 0 Å². The van der Waals surface area contributed by atoms with Crippen LogP contribution in [0.2, 0.25) is 0 Å². The van der Waals surface area contributed by atoms with Crippen molar-refractivity contribution in [2.75, 3.05) is 13.1 Å². The Kier molecular flexibility index (Phi) is 3.92. The topological polar surface area (TPSA) is 54.2 Å². The Labute approximate surface area is 127 Å². The van der Waals surface area contributed by atoms with Crippen LogP contribution in [0.15, 0.2) is 24.5 Å². The second kappa shape index (κ2) is 5.73. The van der Waals surface area contributed by atoms with Crippen molar-refractivity contribution in [1.82, 2.24) is 19.9 Å². The molecule has 0 aliphatic carbocycles. The van der Waals surface area contributed by atoms with Crippen LogP contribution < -0.4 is 0 Å². The van der Waals surface area contributed by atoms with Gasteiger partial charge in [-0.1, -0.05) is 11.3 Å². The first kappa shape index (κ1) is 15.1. The van der Waals surface area contributed by atoms with Gasteiger partial charge in [-0.15, -0.1) is 5.10 Å². The fraction of sp³-hybridized carbons (Fsp3) is 0.467.